The highest BCUT2D eigenvalue weighted by molar-refractivity contribution is 14.1. The SMILES string of the molecule is COC(=O)C1=NN[C@H]2C(=O)N(c3ccc(I)cc3)C(=O)[C@H]12. The number of hydrogen-bond donors (Lipinski definition) is 1. The van der Waals surface area contributed by atoms with Crippen LogP contribution in [0.1, 0.15) is 0 Å². The van der Waals surface area contributed by atoms with Crippen LogP contribution in [0.25, 0.3) is 0 Å². The quantitative estimate of drug-likeness (QED) is 0.439. The molecule has 8 heteroatoms. The van der Waals surface area contributed by atoms with Crippen LogP contribution in [-0.4, -0.2) is 36.6 Å². The van der Waals surface area contributed by atoms with Gasteiger partial charge in [0.25, 0.3) is 5.91 Å². The molecule has 0 spiro atoms. The fourth-order valence-electron chi connectivity index (χ4n) is 2.41. The van der Waals surface area contributed by atoms with E-state index in [1.807, 2.05) is 0 Å². The number of nitrogens with zero attached hydrogens (tertiary/aromatic N) is 2. The van der Waals surface area contributed by atoms with Crippen LogP contribution in [0, 0.1) is 9.49 Å². The van der Waals surface area contributed by atoms with E-state index in [0.717, 1.165) is 8.47 Å². The van der Waals surface area contributed by atoms with Gasteiger partial charge in [-0.05, 0) is 46.9 Å². The first-order chi connectivity index (χ1) is 10.0. The normalized spacial score (nSPS) is 23.7. The Kier molecular flexibility index (Phi) is 3.40. The second-order valence-electron chi connectivity index (χ2n) is 4.56. The van der Waals surface area contributed by atoms with Gasteiger partial charge < -0.3 is 4.74 Å². The zero-order valence-corrected chi connectivity index (χ0v) is 13.0. The molecule has 0 saturated carbocycles. The number of rotatable bonds is 2. The van der Waals surface area contributed by atoms with E-state index in [-0.39, 0.29) is 5.71 Å². The molecule has 0 radical (unpaired) electrons. The van der Waals surface area contributed by atoms with Gasteiger partial charge in [-0.15, -0.1) is 0 Å². The van der Waals surface area contributed by atoms with Gasteiger partial charge in [-0.25, -0.2) is 9.69 Å². The molecule has 2 amide bonds. The number of nitrogens with one attached hydrogen (secondary N) is 1. The van der Waals surface area contributed by atoms with Gasteiger partial charge in [0.2, 0.25) is 5.91 Å². The summed E-state index contributed by atoms with van der Waals surface area (Å²) in [5.41, 5.74) is 2.97. The molecule has 0 bridgehead atoms. The third-order valence-electron chi connectivity index (χ3n) is 3.40. The molecule has 1 aromatic rings. The topological polar surface area (TPSA) is 88.1 Å². The van der Waals surface area contributed by atoms with Crippen molar-refractivity contribution in [1.29, 1.82) is 0 Å². The van der Waals surface area contributed by atoms with Gasteiger partial charge in [0.1, 0.15) is 12.0 Å². The lowest BCUT2D eigenvalue weighted by Crippen LogP contribution is -2.36. The van der Waals surface area contributed by atoms with Gasteiger partial charge in [0.05, 0.1) is 12.8 Å². The Balaban J connectivity index is 1.95. The Morgan fingerprint density at radius 3 is 2.57 bits per heavy atom. The van der Waals surface area contributed by atoms with Gasteiger partial charge in [-0.2, -0.15) is 5.10 Å². The average Bonchev–Trinajstić information content (AvgIpc) is 3.01. The van der Waals surface area contributed by atoms with Crippen LogP contribution in [-0.2, 0) is 19.1 Å². The molecule has 0 unspecified atom stereocenters. The van der Waals surface area contributed by atoms with Crippen molar-refractivity contribution in [3.8, 4) is 0 Å². The molecule has 3 rings (SSSR count). The maximum absolute atomic E-state index is 12.5. The molecule has 2 atom stereocenters. The van der Waals surface area contributed by atoms with Gasteiger partial charge in [-0.3, -0.25) is 15.0 Å². The van der Waals surface area contributed by atoms with E-state index < -0.39 is 29.7 Å². The Labute approximate surface area is 133 Å². The van der Waals surface area contributed by atoms with Crippen LogP contribution in [0.4, 0.5) is 5.69 Å². The van der Waals surface area contributed by atoms with Crippen LogP contribution < -0.4 is 10.3 Å². The lowest BCUT2D eigenvalue weighted by Gasteiger charge is -2.15. The Hall–Kier alpha value is -1.97. The number of fused-ring (bicyclic) bond motifs is 1. The number of hydrogen-bond acceptors (Lipinski definition) is 6. The summed E-state index contributed by atoms with van der Waals surface area (Å²) in [5.74, 6) is -2.53. The van der Waals surface area contributed by atoms with Crippen molar-refractivity contribution >= 4 is 51.8 Å². The molecule has 0 aromatic heterocycles. The second-order valence-corrected chi connectivity index (χ2v) is 5.81. The predicted octanol–water partition coefficient (Wildman–Crippen LogP) is 0.281. The molecule has 7 nitrogen and oxygen atoms in total. The van der Waals surface area contributed by atoms with Crippen molar-refractivity contribution in [2.24, 2.45) is 11.0 Å². The number of hydrazone groups is 1. The van der Waals surface area contributed by atoms with Crippen molar-refractivity contribution in [3.05, 3.63) is 27.8 Å². The van der Waals surface area contributed by atoms with Crippen molar-refractivity contribution in [1.82, 2.24) is 5.43 Å². The largest absolute Gasteiger partial charge is 0.464 e. The number of carbonyl (C=O) groups excluding carboxylic acids is 3. The van der Waals surface area contributed by atoms with Crippen LogP contribution in [0.15, 0.2) is 29.4 Å². The molecular formula is C13H10IN3O4. The lowest BCUT2D eigenvalue weighted by atomic mass is 9.99. The summed E-state index contributed by atoms with van der Waals surface area (Å²) in [5, 5.41) is 3.76. The summed E-state index contributed by atoms with van der Waals surface area (Å²) < 4.78 is 5.58. The number of anilines is 1. The van der Waals surface area contributed by atoms with Gasteiger partial charge >= 0.3 is 5.97 Å². The van der Waals surface area contributed by atoms with Crippen molar-refractivity contribution < 1.29 is 19.1 Å². The number of esters is 1. The number of benzene rings is 1. The summed E-state index contributed by atoms with van der Waals surface area (Å²) in [4.78, 5) is 37.5. The lowest BCUT2D eigenvalue weighted by molar-refractivity contribution is -0.133. The fourth-order valence-corrected chi connectivity index (χ4v) is 2.77. The minimum absolute atomic E-state index is 0.0612. The summed E-state index contributed by atoms with van der Waals surface area (Å²) in [7, 11) is 1.20. The number of ether oxygens (including phenoxy) is 1. The number of halogens is 1. The number of imide groups is 1. The summed E-state index contributed by atoms with van der Waals surface area (Å²) >= 11 is 2.13. The van der Waals surface area contributed by atoms with E-state index in [2.05, 4.69) is 37.9 Å². The van der Waals surface area contributed by atoms with Gasteiger partial charge in [0.15, 0.2) is 5.71 Å². The smallest absolute Gasteiger partial charge is 0.355 e. The molecular weight excluding hydrogens is 389 g/mol. The highest BCUT2D eigenvalue weighted by atomic mass is 127. The first-order valence-corrected chi connectivity index (χ1v) is 7.17. The van der Waals surface area contributed by atoms with Crippen LogP contribution in [0.5, 0.6) is 0 Å². The monoisotopic (exact) mass is 399 g/mol. The Morgan fingerprint density at radius 2 is 1.95 bits per heavy atom. The third-order valence-corrected chi connectivity index (χ3v) is 4.12. The minimum Gasteiger partial charge on any atom is -0.464 e. The number of carbonyl (C=O) groups is 3. The molecule has 108 valence electrons. The van der Waals surface area contributed by atoms with Crippen LogP contribution in [0.2, 0.25) is 0 Å². The molecule has 2 aliphatic rings. The molecule has 1 aromatic carbocycles. The number of amides is 2. The third kappa shape index (κ3) is 2.09. The molecule has 2 heterocycles. The van der Waals surface area contributed by atoms with E-state index >= 15 is 0 Å². The van der Waals surface area contributed by atoms with E-state index in [1.54, 1.807) is 24.3 Å². The highest BCUT2D eigenvalue weighted by Gasteiger charge is 2.55. The molecule has 1 saturated heterocycles. The van der Waals surface area contributed by atoms with Crippen molar-refractivity contribution in [2.75, 3.05) is 12.0 Å². The summed E-state index contributed by atoms with van der Waals surface area (Å²) in [6.45, 7) is 0. The first kappa shape index (κ1) is 14.0. The zero-order valence-electron chi connectivity index (χ0n) is 10.9. The second kappa shape index (κ2) is 5.10. The molecule has 21 heavy (non-hydrogen) atoms. The van der Waals surface area contributed by atoms with E-state index in [1.165, 1.54) is 7.11 Å². The molecule has 2 aliphatic heterocycles. The van der Waals surface area contributed by atoms with Crippen LogP contribution in [0.3, 0.4) is 0 Å². The standard InChI is InChI=1S/C13H10IN3O4/c1-21-13(20)10-8-9(15-16-10)12(19)17(11(8)18)7-4-2-6(14)3-5-7/h2-5,8-9,15H,1H3/t8-,9+/m0/s1. The predicted molar refractivity (Wildman–Crippen MR) is 81.5 cm³/mol. The summed E-state index contributed by atoms with van der Waals surface area (Å²) in [6, 6.07) is 6.13. The highest BCUT2D eigenvalue weighted by Crippen LogP contribution is 2.30. The van der Waals surface area contributed by atoms with E-state index in [9.17, 15) is 14.4 Å². The maximum Gasteiger partial charge on any atom is 0.355 e. The van der Waals surface area contributed by atoms with Crippen LogP contribution >= 0.6 is 22.6 Å². The molecule has 1 N–H and O–H groups in total. The van der Waals surface area contributed by atoms with E-state index in [4.69, 9.17) is 0 Å². The Bertz CT molecular complexity index is 670. The van der Waals surface area contributed by atoms with E-state index in [0.29, 0.717) is 5.69 Å². The fraction of sp³-hybridized carbons (Fsp3) is 0.231. The van der Waals surface area contributed by atoms with Crippen molar-refractivity contribution in [2.45, 2.75) is 6.04 Å². The van der Waals surface area contributed by atoms with Gasteiger partial charge in [-0.1, -0.05) is 0 Å². The first-order valence-electron chi connectivity index (χ1n) is 6.09. The summed E-state index contributed by atoms with van der Waals surface area (Å²) in [6.07, 6.45) is 0. The average molecular weight is 399 g/mol. The Morgan fingerprint density at radius 1 is 1.29 bits per heavy atom. The number of methoxy groups -OCH3 is 1. The zero-order chi connectivity index (χ0) is 15.1. The maximum atomic E-state index is 12.5. The molecule has 1 fully saturated rings. The molecule has 0 aliphatic carbocycles. The van der Waals surface area contributed by atoms with Crippen molar-refractivity contribution in [3.63, 3.8) is 0 Å². The van der Waals surface area contributed by atoms with Gasteiger partial charge in [0, 0.05) is 3.57 Å². The minimum atomic E-state index is -0.927.